The number of carboxylic acids is 1. The lowest BCUT2D eigenvalue weighted by Crippen LogP contribution is -2.06. The molecule has 0 bridgehead atoms. The summed E-state index contributed by atoms with van der Waals surface area (Å²) in [5, 5.41) is 9.14. The van der Waals surface area contributed by atoms with Gasteiger partial charge in [0.25, 0.3) is 0 Å². The Hall–Kier alpha value is -2.21. The average Bonchev–Trinajstić information content (AvgIpc) is 2.45. The fourth-order valence-electron chi connectivity index (χ4n) is 1.84. The molecule has 5 nitrogen and oxygen atoms in total. The van der Waals surface area contributed by atoms with Crippen LogP contribution in [0.15, 0.2) is 40.9 Å². The van der Waals surface area contributed by atoms with E-state index in [0.717, 1.165) is 10.0 Å². The number of methoxy groups -OCH3 is 1. The predicted molar refractivity (Wildman–Crippen MR) is 82.8 cm³/mol. The minimum atomic E-state index is -1.08. The number of carbonyl (C=O) groups is 1. The number of ether oxygens (including phenoxy) is 2. The number of hydrogen-bond donors (Lipinski definition) is 2. The minimum Gasteiger partial charge on any atom is -0.496 e. The quantitative estimate of drug-likeness (QED) is 0.807. The summed E-state index contributed by atoms with van der Waals surface area (Å²) in [4.78, 5) is 11.2. The van der Waals surface area contributed by atoms with E-state index in [-0.39, 0.29) is 17.9 Å². The van der Waals surface area contributed by atoms with Crippen molar-refractivity contribution in [3.8, 4) is 11.5 Å². The van der Waals surface area contributed by atoms with Crippen molar-refractivity contribution < 1.29 is 19.4 Å². The molecule has 21 heavy (non-hydrogen) atoms. The fraction of sp³-hybridized carbons (Fsp3) is 0.133. The summed E-state index contributed by atoms with van der Waals surface area (Å²) >= 11 is 3.39. The van der Waals surface area contributed by atoms with E-state index in [0.29, 0.717) is 11.4 Å². The average molecular weight is 352 g/mol. The van der Waals surface area contributed by atoms with Gasteiger partial charge in [-0.25, -0.2) is 4.79 Å². The van der Waals surface area contributed by atoms with E-state index >= 15 is 0 Å². The second-order valence-corrected chi connectivity index (χ2v) is 5.14. The number of halogens is 1. The van der Waals surface area contributed by atoms with Gasteiger partial charge in [-0.2, -0.15) is 0 Å². The first-order chi connectivity index (χ1) is 10.0. The van der Waals surface area contributed by atoms with E-state index in [1.165, 1.54) is 6.07 Å². The van der Waals surface area contributed by atoms with E-state index in [4.69, 9.17) is 20.3 Å². The summed E-state index contributed by atoms with van der Waals surface area (Å²) in [6.07, 6.45) is 0. The Bertz CT molecular complexity index is 673. The number of nitrogen functional groups attached to an aromatic ring is 1. The molecule has 0 saturated heterocycles. The topological polar surface area (TPSA) is 81.8 Å². The molecule has 0 unspecified atom stereocenters. The van der Waals surface area contributed by atoms with Gasteiger partial charge in [0.2, 0.25) is 0 Å². The van der Waals surface area contributed by atoms with Gasteiger partial charge in [-0.15, -0.1) is 0 Å². The highest BCUT2D eigenvalue weighted by atomic mass is 79.9. The second-order valence-electron chi connectivity index (χ2n) is 4.29. The lowest BCUT2D eigenvalue weighted by molar-refractivity contribution is 0.0692. The molecule has 0 radical (unpaired) electrons. The van der Waals surface area contributed by atoms with E-state index in [2.05, 4.69) is 15.9 Å². The maximum absolute atomic E-state index is 11.2. The Labute approximate surface area is 130 Å². The molecule has 0 aliphatic heterocycles. The van der Waals surface area contributed by atoms with Crippen LogP contribution in [0.2, 0.25) is 0 Å². The zero-order valence-corrected chi connectivity index (χ0v) is 12.9. The van der Waals surface area contributed by atoms with Crippen molar-refractivity contribution in [2.24, 2.45) is 0 Å². The first-order valence-corrected chi connectivity index (χ1v) is 6.89. The van der Waals surface area contributed by atoms with Gasteiger partial charge in [-0.05, 0) is 45.8 Å². The highest BCUT2D eigenvalue weighted by Crippen LogP contribution is 2.29. The van der Waals surface area contributed by atoms with Crippen LogP contribution in [0.3, 0.4) is 0 Å². The molecular weight excluding hydrogens is 338 g/mol. The first-order valence-electron chi connectivity index (χ1n) is 6.10. The minimum absolute atomic E-state index is 0.0441. The Morgan fingerprint density at radius 3 is 2.71 bits per heavy atom. The summed E-state index contributed by atoms with van der Waals surface area (Å²) in [5.41, 5.74) is 6.98. The van der Waals surface area contributed by atoms with Gasteiger partial charge in [0.15, 0.2) is 5.75 Å². The number of nitrogens with two attached hydrogens (primary N) is 1. The van der Waals surface area contributed by atoms with Crippen LogP contribution in [0.1, 0.15) is 15.9 Å². The Morgan fingerprint density at radius 2 is 2.10 bits per heavy atom. The molecule has 0 heterocycles. The standard InChI is InChI=1S/C15H14BrNO4/c1-20-13-6-5-9(7-11(13)16)8-21-14-10(15(18)19)3-2-4-12(14)17/h2-7H,8,17H2,1H3,(H,18,19). The molecule has 2 aromatic rings. The third-order valence-electron chi connectivity index (χ3n) is 2.88. The summed E-state index contributed by atoms with van der Waals surface area (Å²) in [6, 6.07) is 10.1. The van der Waals surface area contributed by atoms with Crippen LogP contribution in [0, 0.1) is 0 Å². The van der Waals surface area contributed by atoms with Crippen LogP contribution in [0.5, 0.6) is 11.5 Å². The van der Waals surface area contributed by atoms with Gasteiger partial charge in [-0.1, -0.05) is 12.1 Å². The van der Waals surface area contributed by atoms with Gasteiger partial charge in [0.05, 0.1) is 17.3 Å². The fourth-order valence-corrected chi connectivity index (χ4v) is 2.43. The largest absolute Gasteiger partial charge is 0.496 e. The molecule has 0 atom stereocenters. The summed E-state index contributed by atoms with van der Waals surface area (Å²) in [6.45, 7) is 0.205. The number of anilines is 1. The molecule has 2 aromatic carbocycles. The molecule has 0 aliphatic rings. The number of rotatable bonds is 5. The Balaban J connectivity index is 2.20. The zero-order valence-electron chi connectivity index (χ0n) is 11.3. The molecule has 0 saturated carbocycles. The van der Waals surface area contributed by atoms with Crippen molar-refractivity contribution >= 4 is 27.6 Å². The Kier molecular flexibility index (Phi) is 4.70. The zero-order chi connectivity index (χ0) is 15.4. The molecule has 6 heteroatoms. The molecule has 0 spiro atoms. The van der Waals surface area contributed by atoms with Gasteiger partial charge < -0.3 is 20.3 Å². The molecule has 0 amide bonds. The van der Waals surface area contributed by atoms with Gasteiger partial charge in [-0.3, -0.25) is 0 Å². The second kappa shape index (κ2) is 6.49. The summed E-state index contributed by atoms with van der Waals surface area (Å²) < 4.78 is 11.5. The number of para-hydroxylation sites is 1. The molecule has 0 fully saturated rings. The highest BCUT2D eigenvalue weighted by Gasteiger charge is 2.14. The smallest absolute Gasteiger partial charge is 0.339 e. The monoisotopic (exact) mass is 351 g/mol. The third kappa shape index (κ3) is 3.46. The van der Waals surface area contributed by atoms with Crippen LogP contribution in [0.25, 0.3) is 0 Å². The molecule has 2 rings (SSSR count). The lowest BCUT2D eigenvalue weighted by atomic mass is 10.1. The SMILES string of the molecule is COc1ccc(COc2c(N)cccc2C(=O)O)cc1Br. The first kappa shape index (κ1) is 15.2. The maximum atomic E-state index is 11.2. The highest BCUT2D eigenvalue weighted by molar-refractivity contribution is 9.10. The number of carboxylic acid groups (broad SMARTS) is 1. The van der Waals surface area contributed by atoms with Crippen molar-refractivity contribution in [3.63, 3.8) is 0 Å². The molecular formula is C15H14BrNO4. The van der Waals surface area contributed by atoms with Gasteiger partial charge in [0.1, 0.15) is 17.9 Å². The normalized spacial score (nSPS) is 10.2. The molecule has 110 valence electrons. The van der Waals surface area contributed by atoms with Gasteiger partial charge >= 0.3 is 5.97 Å². The summed E-state index contributed by atoms with van der Waals surface area (Å²) in [5.74, 6) is -0.186. The molecule has 0 aliphatic carbocycles. The van der Waals surface area contributed by atoms with E-state index in [1.54, 1.807) is 25.3 Å². The van der Waals surface area contributed by atoms with Crippen molar-refractivity contribution in [1.82, 2.24) is 0 Å². The van der Waals surface area contributed by atoms with Crippen molar-refractivity contribution in [2.75, 3.05) is 12.8 Å². The van der Waals surface area contributed by atoms with Crippen LogP contribution in [-0.4, -0.2) is 18.2 Å². The predicted octanol–water partition coefficient (Wildman–Crippen LogP) is 3.32. The summed E-state index contributed by atoms with van der Waals surface area (Å²) in [7, 11) is 1.58. The van der Waals surface area contributed by atoms with Gasteiger partial charge in [0, 0.05) is 0 Å². The number of hydrogen-bond acceptors (Lipinski definition) is 4. The lowest BCUT2D eigenvalue weighted by Gasteiger charge is -2.12. The van der Waals surface area contributed by atoms with Crippen LogP contribution < -0.4 is 15.2 Å². The molecule has 0 aromatic heterocycles. The molecule has 3 N–H and O–H groups in total. The number of aromatic carboxylic acids is 1. The number of benzene rings is 2. The van der Waals surface area contributed by atoms with Crippen LogP contribution in [-0.2, 0) is 6.61 Å². The maximum Gasteiger partial charge on any atom is 0.339 e. The van der Waals surface area contributed by atoms with E-state index in [9.17, 15) is 4.79 Å². The Morgan fingerprint density at radius 1 is 1.33 bits per heavy atom. The van der Waals surface area contributed by atoms with Crippen LogP contribution >= 0.6 is 15.9 Å². The van der Waals surface area contributed by atoms with Crippen LogP contribution in [0.4, 0.5) is 5.69 Å². The van der Waals surface area contributed by atoms with E-state index < -0.39 is 5.97 Å². The third-order valence-corrected chi connectivity index (χ3v) is 3.49. The van der Waals surface area contributed by atoms with E-state index in [1.807, 2.05) is 12.1 Å². The van der Waals surface area contributed by atoms with Crippen molar-refractivity contribution in [1.29, 1.82) is 0 Å². The van der Waals surface area contributed by atoms with Crippen molar-refractivity contribution in [2.45, 2.75) is 6.61 Å². The van der Waals surface area contributed by atoms with Crippen molar-refractivity contribution in [3.05, 3.63) is 52.0 Å².